The highest BCUT2D eigenvalue weighted by Crippen LogP contribution is 2.37. The molecule has 1 aromatic carbocycles. The van der Waals surface area contributed by atoms with Gasteiger partial charge >= 0.3 is 0 Å². The van der Waals surface area contributed by atoms with Gasteiger partial charge < -0.3 is 5.32 Å². The molecule has 1 aromatic rings. The minimum Gasteiger partial charge on any atom is -0.313 e. The number of nitrogens with one attached hydrogen (secondary N) is 1. The van der Waals surface area contributed by atoms with Gasteiger partial charge in [-0.15, -0.1) is 0 Å². The Labute approximate surface area is 125 Å². The number of hydrogen-bond acceptors (Lipinski definition) is 2. The monoisotopic (exact) mass is 295 g/mol. The highest BCUT2D eigenvalue weighted by molar-refractivity contribution is 7.99. The van der Waals surface area contributed by atoms with E-state index in [-0.39, 0.29) is 0 Å². The van der Waals surface area contributed by atoms with E-state index in [0.29, 0.717) is 0 Å². The van der Waals surface area contributed by atoms with E-state index in [0.717, 1.165) is 22.2 Å². The fourth-order valence-corrected chi connectivity index (χ4v) is 4.53. The van der Waals surface area contributed by atoms with Crippen LogP contribution in [0.1, 0.15) is 43.6 Å². The van der Waals surface area contributed by atoms with Gasteiger partial charge in [0.05, 0.1) is 0 Å². The van der Waals surface area contributed by atoms with E-state index in [1.54, 1.807) is 0 Å². The molecule has 1 saturated carbocycles. The van der Waals surface area contributed by atoms with Crippen LogP contribution in [0.2, 0.25) is 5.02 Å². The van der Waals surface area contributed by atoms with Crippen molar-refractivity contribution in [3.05, 3.63) is 34.9 Å². The molecule has 1 unspecified atom stereocenters. The number of hydrogen-bond donors (Lipinski definition) is 1. The highest BCUT2D eigenvalue weighted by atomic mass is 35.5. The first-order valence-corrected chi connectivity index (χ1v) is 8.84. The quantitative estimate of drug-likeness (QED) is 0.880. The van der Waals surface area contributed by atoms with Crippen molar-refractivity contribution in [3.63, 3.8) is 0 Å². The molecule has 0 bridgehead atoms. The molecule has 3 heteroatoms. The molecule has 2 aliphatic rings. The van der Waals surface area contributed by atoms with Crippen LogP contribution in [0, 0.1) is 0 Å². The van der Waals surface area contributed by atoms with Gasteiger partial charge in [-0.2, -0.15) is 11.8 Å². The molecule has 1 saturated heterocycles. The normalized spacial score (nSPS) is 30.9. The standard InChI is InChI=1S/C16H22ClNS/c17-14-5-3-4-12(8-14)13-9-15(10-13)18-11-16-6-1-2-7-19-16/h3-5,8,13,15-16,18H,1-2,6-7,9-11H2. The van der Waals surface area contributed by atoms with Gasteiger partial charge in [-0.25, -0.2) is 0 Å². The molecular weight excluding hydrogens is 274 g/mol. The maximum absolute atomic E-state index is 6.05. The number of benzene rings is 1. The van der Waals surface area contributed by atoms with Crippen molar-refractivity contribution in [2.75, 3.05) is 12.3 Å². The van der Waals surface area contributed by atoms with Crippen molar-refractivity contribution >= 4 is 23.4 Å². The molecule has 0 amide bonds. The second-order valence-electron chi connectivity index (χ2n) is 5.82. The Morgan fingerprint density at radius 3 is 2.89 bits per heavy atom. The molecule has 3 rings (SSSR count). The number of thioether (sulfide) groups is 1. The Morgan fingerprint density at radius 2 is 2.16 bits per heavy atom. The summed E-state index contributed by atoms with van der Waals surface area (Å²) in [6.07, 6.45) is 6.80. The first-order valence-electron chi connectivity index (χ1n) is 7.42. The molecule has 1 aliphatic heterocycles. The summed E-state index contributed by atoms with van der Waals surface area (Å²) >= 11 is 8.21. The Morgan fingerprint density at radius 1 is 1.26 bits per heavy atom. The van der Waals surface area contributed by atoms with E-state index in [2.05, 4.69) is 35.3 Å². The van der Waals surface area contributed by atoms with Crippen LogP contribution >= 0.6 is 23.4 Å². The molecule has 1 nitrogen and oxygen atoms in total. The summed E-state index contributed by atoms with van der Waals surface area (Å²) in [7, 11) is 0. The predicted octanol–water partition coefficient (Wildman–Crippen LogP) is 4.46. The smallest absolute Gasteiger partial charge is 0.0408 e. The molecule has 2 fully saturated rings. The van der Waals surface area contributed by atoms with E-state index < -0.39 is 0 Å². The first-order chi connectivity index (χ1) is 9.31. The summed E-state index contributed by atoms with van der Waals surface area (Å²) in [5, 5.41) is 5.48. The van der Waals surface area contributed by atoms with Gasteiger partial charge in [0.25, 0.3) is 0 Å². The fourth-order valence-electron chi connectivity index (χ4n) is 3.08. The molecular formula is C16H22ClNS. The number of halogens is 1. The van der Waals surface area contributed by atoms with Crippen molar-refractivity contribution < 1.29 is 0 Å². The number of rotatable bonds is 4. The van der Waals surface area contributed by atoms with Gasteiger partial charge in [0.15, 0.2) is 0 Å². The van der Waals surface area contributed by atoms with Crippen LogP contribution in [0.5, 0.6) is 0 Å². The minimum absolute atomic E-state index is 0.718. The highest BCUT2D eigenvalue weighted by Gasteiger charge is 2.30. The lowest BCUT2D eigenvalue weighted by Crippen LogP contribution is -2.43. The van der Waals surface area contributed by atoms with E-state index in [1.807, 2.05) is 6.07 Å². The summed E-state index contributed by atoms with van der Waals surface area (Å²) in [5.41, 5.74) is 1.41. The van der Waals surface area contributed by atoms with Gasteiger partial charge in [0, 0.05) is 22.9 Å². The molecule has 19 heavy (non-hydrogen) atoms. The average Bonchev–Trinajstić information content (AvgIpc) is 2.38. The zero-order chi connectivity index (χ0) is 13.1. The zero-order valence-electron chi connectivity index (χ0n) is 11.3. The zero-order valence-corrected chi connectivity index (χ0v) is 12.8. The molecule has 0 radical (unpaired) electrons. The molecule has 1 atom stereocenters. The summed E-state index contributed by atoms with van der Waals surface area (Å²) < 4.78 is 0. The Bertz CT molecular complexity index is 411. The van der Waals surface area contributed by atoms with Gasteiger partial charge in [0.2, 0.25) is 0 Å². The molecule has 1 heterocycles. The topological polar surface area (TPSA) is 12.0 Å². The van der Waals surface area contributed by atoms with E-state index in [9.17, 15) is 0 Å². The van der Waals surface area contributed by atoms with E-state index in [1.165, 1.54) is 50.0 Å². The second kappa shape index (κ2) is 6.51. The third-order valence-corrected chi connectivity index (χ3v) is 6.00. The van der Waals surface area contributed by atoms with Crippen molar-refractivity contribution in [2.45, 2.75) is 49.3 Å². The van der Waals surface area contributed by atoms with Crippen LogP contribution in [0.15, 0.2) is 24.3 Å². The van der Waals surface area contributed by atoms with Crippen LogP contribution in [-0.2, 0) is 0 Å². The van der Waals surface area contributed by atoms with Crippen LogP contribution in [-0.4, -0.2) is 23.6 Å². The predicted molar refractivity (Wildman–Crippen MR) is 85.3 cm³/mol. The lowest BCUT2D eigenvalue weighted by atomic mass is 9.76. The molecule has 1 N–H and O–H groups in total. The molecule has 1 aliphatic carbocycles. The maximum Gasteiger partial charge on any atom is 0.0408 e. The first kappa shape index (κ1) is 13.8. The third-order valence-electron chi connectivity index (χ3n) is 4.37. The molecule has 0 spiro atoms. The minimum atomic E-state index is 0.718. The lowest BCUT2D eigenvalue weighted by molar-refractivity contribution is 0.290. The summed E-state index contributed by atoms with van der Waals surface area (Å²) in [6, 6.07) is 9.09. The SMILES string of the molecule is Clc1cccc(C2CC(NCC3CCCCS3)C2)c1. The Hall–Kier alpha value is -0.180. The van der Waals surface area contributed by atoms with Crippen LogP contribution in [0.3, 0.4) is 0 Å². The largest absolute Gasteiger partial charge is 0.313 e. The van der Waals surface area contributed by atoms with Gasteiger partial charge in [-0.05, 0) is 55.1 Å². The van der Waals surface area contributed by atoms with Crippen LogP contribution < -0.4 is 5.32 Å². The Balaban J connectivity index is 1.40. The molecule has 104 valence electrons. The average molecular weight is 296 g/mol. The van der Waals surface area contributed by atoms with Crippen molar-refractivity contribution in [2.24, 2.45) is 0 Å². The summed E-state index contributed by atoms with van der Waals surface area (Å²) in [6.45, 7) is 1.21. The fraction of sp³-hybridized carbons (Fsp3) is 0.625. The van der Waals surface area contributed by atoms with Crippen LogP contribution in [0.4, 0.5) is 0 Å². The molecule has 0 aromatic heterocycles. The summed E-state index contributed by atoms with van der Waals surface area (Å²) in [5.74, 6) is 2.08. The van der Waals surface area contributed by atoms with Gasteiger partial charge in [0.1, 0.15) is 0 Å². The van der Waals surface area contributed by atoms with Crippen LogP contribution in [0.25, 0.3) is 0 Å². The van der Waals surface area contributed by atoms with Crippen molar-refractivity contribution in [3.8, 4) is 0 Å². The van der Waals surface area contributed by atoms with E-state index in [4.69, 9.17) is 11.6 Å². The van der Waals surface area contributed by atoms with E-state index >= 15 is 0 Å². The Kier molecular flexibility index (Phi) is 4.73. The third kappa shape index (κ3) is 3.68. The summed E-state index contributed by atoms with van der Waals surface area (Å²) in [4.78, 5) is 0. The maximum atomic E-state index is 6.05. The van der Waals surface area contributed by atoms with Crippen molar-refractivity contribution in [1.29, 1.82) is 0 Å². The van der Waals surface area contributed by atoms with Crippen molar-refractivity contribution in [1.82, 2.24) is 5.32 Å². The van der Waals surface area contributed by atoms with Gasteiger partial charge in [-0.3, -0.25) is 0 Å². The second-order valence-corrected chi connectivity index (χ2v) is 7.66. The lowest BCUT2D eigenvalue weighted by Gasteiger charge is -2.37. The van der Waals surface area contributed by atoms with Gasteiger partial charge in [-0.1, -0.05) is 30.2 Å².